The van der Waals surface area contributed by atoms with Crippen molar-refractivity contribution in [2.75, 3.05) is 30.4 Å². The van der Waals surface area contributed by atoms with E-state index in [2.05, 4.69) is 58.5 Å². The lowest BCUT2D eigenvalue weighted by Gasteiger charge is -2.38. The summed E-state index contributed by atoms with van der Waals surface area (Å²) in [6.45, 7) is 9.06. The fourth-order valence-electron chi connectivity index (χ4n) is 4.05. The van der Waals surface area contributed by atoms with Crippen LogP contribution in [0.5, 0.6) is 6.01 Å². The molecule has 8 heteroatoms. The van der Waals surface area contributed by atoms with E-state index in [1.807, 2.05) is 24.1 Å². The molecule has 0 bridgehead atoms. The normalized spacial score (nSPS) is 19.6. The Kier molecular flexibility index (Phi) is 5.27. The lowest BCUT2D eigenvalue weighted by atomic mass is 10.1. The number of aryl methyl sites for hydroxylation is 1. The first-order chi connectivity index (χ1) is 14.0. The maximum absolute atomic E-state index is 5.30. The van der Waals surface area contributed by atoms with E-state index in [1.165, 1.54) is 5.69 Å². The molecular weight excluding hydrogens is 366 g/mol. The zero-order valence-corrected chi connectivity index (χ0v) is 17.7. The molecule has 1 aliphatic heterocycles. The number of anilines is 2. The number of fused-ring (bicyclic) bond motifs is 1. The van der Waals surface area contributed by atoms with E-state index in [0.717, 1.165) is 40.9 Å². The van der Waals surface area contributed by atoms with E-state index in [4.69, 9.17) is 9.72 Å². The molecule has 0 aliphatic carbocycles. The van der Waals surface area contributed by atoms with Crippen molar-refractivity contribution in [3.63, 3.8) is 0 Å². The Bertz CT molecular complexity index is 1010. The van der Waals surface area contributed by atoms with Crippen molar-refractivity contribution in [2.45, 2.75) is 39.4 Å². The summed E-state index contributed by atoms with van der Waals surface area (Å²) in [4.78, 5) is 11.5. The van der Waals surface area contributed by atoms with Gasteiger partial charge in [0, 0.05) is 56.0 Å². The van der Waals surface area contributed by atoms with Crippen LogP contribution in [0, 0.1) is 6.92 Å². The molecule has 1 fully saturated rings. The quantitative estimate of drug-likeness (QED) is 0.687. The first-order valence-electron chi connectivity index (χ1n) is 10.0. The summed E-state index contributed by atoms with van der Waals surface area (Å²) < 4.78 is 7.16. The molecule has 2 N–H and O–H groups in total. The van der Waals surface area contributed by atoms with Crippen molar-refractivity contribution in [1.29, 1.82) is 0 Å². The Morgan fingerprint density at radius 3 is 2.62 bits per heavy atom. The van der Waals surface area contributed by atoms with Crippen molar-refractivity contribution < 1.29 is 4.74 Å². The summed E-state index contributed by atoms with van der Waals surface area (Å²) in [5.41, 5.74) is 5.31. The van der Waals surface area contributed by atoms with Crippen molar-refractivity contribution in [3.8, 4) is 6.01 Å². The van der Waals surface area contributed by atoms with Gasteiger partial charge in [-0.05, 0) is 32.4 Å². The molecule has 3 aromatic rings. The number of ether oxygens (including phenoxy) is 1. The number of nitrogens with one attached hydrogen (secondary N) is 2. The van der Waals surface area contributed by atoms with Crippen LogP contribution in [-0.4, -0.2) is 52.0 Å². The third-order valence-electron chi connectivity index (χ3n) is 5.57. The summed E-state index contributed by atoms with van der Waals surface area (Å²) in [6.07, 6.45) is 3.73. The highest BCUT2D eigenvalue weighted by Gasteiger charge is 2.23. The summed E-state index contributed by atoms with van der Waals surface area (Å²) >= 11 is 0. The lowest BCUT2D eigenvalue weighted by Crippen LogP contribution is -2.54. The van der Waals surface area contributed by atoms with E-state index in [9.17, 15) is 0 Å². The summed E-state index contributed by atoms with van der Waals surface area (Å²) in [6, 6.07) is 5.59. The number of rotatable bonds is 5. The monoisotopic (exact) mass is 395 g/mol. The minimum atomic E-state index is 0.385. The number of hydrogen-bond donors (Lipinski definition) is 2. The Labute approximate surface area is 171 Å². The third kappa shape index (κ3) is 3.85. The molecule has 29 heavy (non-hydrogen) atoms. The summed E-state index contributed by atoms with van der Waals surface area (Å²) in [7, 11) is 3.54. The zero-order valence-electron chi connectivity index (χ0n) is 17.7. The molecule has 2 atom stereocenters. The predicted molar refractivity (Wildman–Crippen MR) is 116 cm³/mol. The SMILES string of the molecule is COc1ncc2c(N3C[C@@H](C)N[C@@H](C)C3)ccc(CNc3cnn(C)c3C)c2n1. The lowest BCUT2D eigenvalue weighted by molar-refractivity contribution is 0.381. The van der Waals surface area contributed by atoms with Crippen molar-refractivity contribution >= 4 is 22.3 Å². The average molecular weight is 396 g/mol. The van der Waals surface area contributed by atoms with Gasteiger partial charge in [-0.3, -0.25) is 4.68 Å². The molecule has 1 saturated heterocycles. The van der Waals surface area contributed by atoms with Gasteiger partial charge in [0.25, 0.3) is 0 Å². The topological polar surface area (TPSA) is 80.1 Å². The Morgan fingerprint density at radius 2 is 1.97 bits per heavy atom. The fourth-order valence-corrected chi connectivity index (χ4v) is 4.05. The first-order valence-corrected chi connectivity index (χ1v) is 10.0. The number of benzene rings is 1. The summed E-state index contributed by atoms with van der Waals surface area (Å²) in [5.74, 6) is 0. The predicted octanol–water partition coefficient (Wildman–Crippen LogP) is 2.48. The second-order valence-electron chi connectivity index (χ2n) is 7.86. The molecule has 0 saturated carbocycles. The molecule has 4 rings (SSSR count). The van der Waals surface area contributed by atoms with Crippen molar-refractivity contribution in [2.24, 2.45) is 7.05 Å². The van der Waals surface area contributed by atoms with Crippen LogP contribution in [0.3, 0.4) is 0 Å². The van der Waals surface area contributed by atoms with Crippen LogP contribution in [0.1, 0.15) is 25.1 Å². The first kappa shape index (κ1) is 19.4. The van der Waals surface area contributed by atoms with Crippen LogP contribution >= 0.6 is 0 Å². The van der Waals surface area contributed by atoms with Gasteiger partial charge in [-0.25, -0.2) is 4.98 Å². The molecule has 1 aromatic carbocycles. The van der Waals surface area contributed by atoms with Crippen LogP contribution in [0.2, 0.25) is 0 Å². The number of nitrogens with zero attached hydrogens (tertiary/aromatic N) is 5. The second-order valence-corrected chi connectivity index (χ2v) is 7.86. The molecule has 154 valence electrons. The van der Waals surface area contributed by atoms with Gasteiger partial charge >= 0.3 is 6.01 Å². The maximum atomic E-state index is 5.30. The van der Waals surface area contributed by atoms with E-state index in [1.54, 1.807) is 7.11 Å². The second kappa shape index (κ2) is 7.87. The van der Waals surface area contributed by atoms with Gasteiger partial charge in [0.15, 0.2) is 0 Å². The minimum Gasteiger partial charge on any atom is -0.467 e. The molecule has 0 radical (unpaired) electrons. The van der Waals surface area contributed by atoms with Crippen LogP contribution in [0.4, 0.5) is 11.4 Å². The number of hydrogen-bond acceptors (Lipinski definition) is 7. The van der Waals surface area contributed by atoms with Gasteiger partial charge in [0.2, 0.25) is 0 Å². The molecule has 1 aliphatic rings. The Hall–Kier alpha value is -2.87. The highest BCUT2D eigenvalue weighted by molar-refractivity contribution is 5.94. The minimum absolute atomic E-state index is 0.385. The maximum Gasteiger partial charge on any atom is 0.316 e. The highest BCUT2D eigenvalue weighted by atomic mass is 16.5. The molecule has 2 aromatic heterocycles. The zero-order chi connectivity index (χ0) is 20.5. The van der Waals surface area contributed by atoms with E-state index in [0.29, 0.717) is 24.6 Å². The van der Waals surface area contributed by atoms with Crippen LogP contribution in [0.15, 0.2) is 24.5 Å². The largest absolute Gasteiger partial charge is 0.467 e. The summed E-state index contributed by atoms with van der Waals surface area (Å²) in [5, 5.41) is 12.4. The molecule has 0 spiro atoms. The van der Waals surface area contributed by atoms with Crippen molar-refractivity contribution in [1.82, 2.24) is 25.1 Å². The number of piperazine rings is 1. The van der Waals surface area contributed by atoms with Crippen LogP contribution in [0.25, 0.3) is 10.9 Å². The standard InChI is InChI=1S/C21H29N7O/c1-13-11-28(12-14(2)25-13)19-7-6-16(8-22-18-10-24-27(4)15(18)3)20-17(19)9-23-21(26-20)29-5/h6-7,9-10,13-14,22,25H,8,11-12H2,1-5H3/t13-,14+. The van der Waals surface area contributed by atoms with E-state index < -0.39 is 0 Å². The van der Waals surface area contributed by atoms with Gasteiger partial charge < -0.3 is 20.3 Å². The van der Waals surface area contributed by atoms with Gasteiger partial charge in [-0.15, -0.1) is 0 Å². The van der Waals surface area contributed by atoms with E-state index >= 15 is 0 Å². The van der Waals surface area contributed by atoms with E-state index in [-0.39, 0.29) is 0 Å². The highest BCUT2D eigenvalue weighted by Crippen LogP contribution is 2.31. The third-order valence-corrected chi connectivity index (χ3v) is 5.57. The number of aromatic nitrogens is 4. The van der Waals surface area contributed by atoms with Gasteiger partial charge in [-0.1, -0.05) is 6.07 Å². The number of methoxy groups -OCH3 is 1. The van der Waals surface area contributed by atoms with Crippen LogP contribution < -0.4 is 20.3 Å². The fraction of sp³-hybridized carbons (Fsp3) is 0.476. The van der Waals surface area contributed by atoms with Crippen LogP contribution in [-0.2, 0) is 13.6 Å². The average Bonchev–Trinajstić information content (AvgIpc) is 3.02. The smallest absolute Gasteiger partial charge is 0.316 e. The Morgan fingerprint density at radius 1 is 1.21 bits per heavy atom. The Balaban J connectivity index is 1.71. The molecule has 0 amide bonds. The molecule has 0 unspecified atom stereocenters. The van der Waals surface area contributed by atoms with Gasteiger partial charge in [-0.2, -0.15) is 10.1 Å². The van der Waals surface area contributed by atoms with Gasteiger partial charge in [0.05, 0.1) is 30.2 Å². The molecular formula is C21H29N7O. The molecule has 8 nitrogen and oxygen atoms in total. The van der Waals surface area contributed by atoms with Crippen molar-refractivity contribution in [3.05, 3.63) is 35.8 Å². The van der Waals surface area contributed by atoms with Gasteiger partial charge in [0.1, 0.15) is 0 Å². The molecule has 3 heterocycles.